The molecule has 0 amide bonds. The number of aromatic amines is 1. The summed E-state index contributed by atoms with van der Waals surface area (Å²) in [5.41, 5.74) is 1.37. The van der Waals surface area contributed by atoms with E-state index in [1.54, 1.807) is 6.92 Å². The molecule has 1 atom stereocenters. The Labute approximate surface area is 109 Å². The molecule has 0 aliphatic heterocycles. The van der Waals surface area contributed by atoms with Gasteiger partial charge < -0.3 is 10.1 Å². The fourth-order valence-electron chi connectivity index (χ4n) is 1.55. The van der Waals surface area contributed by atoms with Crippen LogP contribution in [0.2, 0.25) is 0 Å². The van der Waals surface area contributed by atoms with Crippen molar-refractivity contribution in [1.82, 2.24) is 9.97 Å². The van der Waals surface area contributed by atoms with Gasteiger partial charge in [-0.05, 0) is 12.5 Å². The highest BCUT2D eigenvalue weighted by atomic mass is 32.2. The highest BCUT2D eigenvalue weighted by Gasteiger charge is 2.08. The van der Waals surface area contributed by atoms with Gasteiger partial charge in [0.2, 0.25) is 0 Å². The minimum atomic E-state index is -0.568. The van der Waals surface area contributed by atoms with Crippen LogP contribution in [-0.2, 0) is 0 Å². The highest BCUT2D eigenvalue weighted by molar-refractivity contribution is 7.99. The molecule has 0 fully saturated rings. The molecule has 0 bridgehead atoms. The van der Waals surface area contributed by atoms with E-state index in [9.17, 15) is 9.90 Å². The monoisotopic (exact) mass is 262 g/mol. The average molecular weight is 262 g/mol. The molecule has 2 aromatic rings. The van der Waals surface area contributed by atoms with Crippen molar-refractivity contribution >= 4 is 11.8 Å². The SMILES string of the molecule is Cc1cc(=O)[nH]c(SCC(O)c2ccccc2)n1. The Morgan fingerprint density at radius 1 is 1.39 bits per heavy atom. The van der Waals surface area contributed by atoms with Crippen molar-refractivity contribution in [3.05, 3.63) is 58.0 Å². The van der Waals surface area contributed by atoms with Gasteiger partial charge in [-0.25, -0.2) is 4.98 Å². The standard InChI is InChI=1S/C13H14N2O2S/c1-9-7-12(17)15-13(14-9)18-8-11(16)10-5-3-2-4-6-10/h2-7,11,16H,8H2,1H3,(H,14,15,17). The summed E-state index contributed by atoms with van der Waals surface area (Å²) in [5, 5.41) is 10.5. The molecule has 4 nitrogen and oxygen atoms in total. The summed E-state index contributed by atoms with van der Waals surface area (Å²) >= 11 is 1.34. The molecule has 0 saturated heterocycles. The zero-order valence-corrected chi connectivity index (χ0v) is 10.8. The molecule has 94 valence electrons. The topological polar surface area (TPSA) is 66.0 Å². The molecule has 1 aromatic heterocycles. The zero-order valence-electron chi connectivity index (χ0n) is 9.96. The summed E-state index contributed by atoms with van der Waals surface area (Å²) < 4.78 is 0. The minimum Gasteiger partial charge on any atom is -0.388 e. The lowest BCUT2D eigenvalue weighted by Gasteiger charge is -2.09. The van der Waals surface area contributed by atoms with Crippen molar-refractivity contribution in [2.45, 2.75) is 18.2 Å². The van der Waals surface area contributed by atoms with Gasteiger partial charge in [-0.3, -0.25) is 4.79 Å². The van der Waals surface area contributed by atoms with E-state index in [4.69, 9.17) is 0 Å². The van der Waals surface area contributed by atoms with E-state index in [0.717, 1.165) is 5.56 Å². The van der Waals surface area contributed by atoms with Crippen LogP contribution in [0.3, 0.4) is 0 Å². The molecule has 0 aliphatic carbocycles. The van der Waals surface area contributed by atoms with Crippen molar-refractivity contribution in [2.75, 3.05) is 5.75 Å². The summed E-state index contributed by atoms with van der Waals surface area (Å²) in [6, 6.07) is 10.9. The number of aliphatic hydroxyl groups excluding tert-OH is 1. The Balaban J connectivity index is 2.01. The molecule has 1 unspecified atom stereocenters. The molecule has 0 saturated carbocycles. The summed E-state index contributed by atoms with van der Waals surface area (Å²) in [6.07, 6.45) is -0.568. The maximum absolute atomic E-state index is 11.3. The van der Waals surface area contributed by atoms with Crippen LogP contribution < -0.4 is 5.56 Å². The van der Waals surface area contributed by atoms with Crippen LogP contribution in [0, 0.1) is 6.92 Å². The number of aryl methyl sites for hydroxylation is 1. The van der Waals surface area contributed by atoms with Gasteiger partial charge in [-0.15, -0.1) is 0 Å². The number of hydrogen-bond acceptors (Lipinski definition) is 4. The van der Waals surface area contributed by atoms with E-state index in [1.807, 2.05) is 30.3 Å². The third-order valence-corrected chi connectivity index (χ3v) is 3.36. The van der Waals surface area contributed by atoms with Crippen LogP contribution in [0.5, 0.6) is 0 Å². The van der Waals surface area contributed by atoms with Crippen LogP contribution in [0.4, 0.5) is 0 Å². The highest BCUT2D eigenvalue weighted by Crippen LogP contribution is 2.21. The van der Waals surface area contributed by atoms with E-state index in [-0.39, 0.29) is 5.56 Å². The number of aromatic nitrogens is 2. The number of H-pyrrole nitrogens is 1. The maximum atomic E-state index is 11.3. The summed E-state index contributed by atoms with van der Waals surface area (Å²) in [7, 11) is 0. The van der Waals surface area contributed by atoms with Gasteiger partial charge in [0.1, 0.15) is 0 Å². The molecule has 0 spiro atoms. The molecule has 2 rings (SSSR count). The predicted molar refractivity (Wildman–Crippen MR) is 71.7 cm³/mol. The van der Waals surface area contributed by atoms with E-state index in [1.165, 1.54) is 17.8 Å². The quantitative estimate of drug-likeness (QED) is 0.652. The molecule has 1 aromatic carbocycles. The summed E-state index contributed by atoms with van der Waals surface area (Å²) in [6.45, 7) is 1.77. The largest absolute Gasteiger partial charge is 0.388 e. The Bertz CT molecular complexity index is 569. The summed E-state index contributed by atoms with van der Waals surface area (Å²) in [5.74, 6) is 0.455. The van der Waals surface area contributed by atoms with Gasteiger partial charge in [0.05, 0.1) is 6.10 Å². The second kappa shape index (κ2) is 5.84. The molecule has 1 heterocycles. The van der Waals surface area contributed by atoms with Crippen molar-refractivity contribution < 1.29 is 5.11 Å². The Kier molecular flexibility index (Phi) is 4.17. The number of benzene rings is 1. The van der Waals surface area contributed by atoms with Gasteiger partial charge in [0, 0.05) is 17.5 Å². The van der Waals surface area contributed by atoms with E-state index in [2.05, 4.69) is 9.97 Å². The molecule has 2 N–H and O–H groups in total. The number of thioether (sulfide) groups is 1. The maximum Gasteiger partial charge on any atom is 0.251 e. The molecule has 0 radical (unpaired) electrons. The van der Waals surface area contributed by atoms with Gasteiger partial charge in [-0.2, -0.15) is 0 Å². The third-order valence-electron chi connectivity index (χ3n) is 2.41. The lowest BCUT2D eigenvalue weighted by Crippen LogP contribution is -2.09. The number of hydrogen-bond donors (Lipinski definition) is 2. The lowest BCUT2D eigenvalue weighted by molar-refractivity contribution is 0.204. The van der Waals surface area contributed by atoms with Crippen LogP contribution in [0.15, 0.2) is 46.3 Å². The van der Waals surface area contributed by atoms with E-state index < -0.39 is 6.10 Å². The zero-order chi connectivity index (χ0) is 13.0. The first-order valence-electron chi connectivity index (χ1n) is 5.59. The van der Waals surface area contributed by atoms with Crippen LogP contribution in [-0.4, -0.2) is 20.8 Å². The first kappa shape index (κ1) is 12.9. The Hall–Kier alpha value is -1.59. The van der Waals surface area contributed by atoms with Crippen LogP contribution in [0.1, 0.15) is 17.4 Å². The van der Waals surface area contributed by atoms with E-state index in [0.29, 0.717) is 16.6 Å². The normalized spacial score (nSPS) is 12.3. The van der Waals surface area contributed by atoms with Gasteiger partial charge in [-0.1, -0.05) is 42.1 Å². The number of nitrogens with zero attached hydrogens (tertiary/aromatic N) is 1. The second-order valence-corrected chi connectivity index (χ2v) is 4.94. The van der Waals surface area contributed by atoms with Crippen molar-refractivity contribution in [2.24, 2.45) is 0 Å². The van der Waals surface area contributed by atoms with Crippen molar-refractivity contribution in [3.63, 3.8) is 0 Å². The van der Waals surface area contributed by atoms with Crippen molar-refractivity contribution in [3.8, 4) is 0 Å². The van der Waals surface area contributed by atoms with Gasteiger partial charge in [0.15, 0.2) is 5.16 Å². The Morgan fingerprint density at radius 2 is 2.11 bits per heavy atom. The van der Waals surface area contributed by atoms with E-state index >= 15 is 0 Å². The molecule has 18 heavy (non-hydrogen) atoms. The fraction of sp³-hybridized carbons (Fsp3) is 0.231. The molecule has 5 heteroatoms. The molecular weight excluding hydrogens is 248 g/mol. The number of rotatable bonds is 4. The fourth-order valence-corrected chi connectivity index (χ4v) is 2.44. The number of nitrogens with one attached hydrogen (secondary N) is 1. The molecular formula is C13H14N2O2S. The number of aliphatic hydroxyl groups is 1. The minimum absolute atomic E-state index is 0.167. The van der Waals surface area contributed by atoms with Crippen LogP contribution >= 0.6 is 11.8 Å². The smallest absolute Gasteiger partial charge is 0.251 e. The first-order chi connectivity index (χ1) is 8.65. The Morgan fingerprint density at radius 3 is 2.78 bits per heavy atom. The van der Waals surface area contributed by atoms with Crippen LogP contribution in [0.25, 0.3) is 0 Å². The molecule has 0 aliphatic rings. The lowest BCUT2D eigenvalue weighted by atomic mass is 10.1. The summed E-state index contributed by atoms with van der Waals surface area (Å²) in [4.78, 5) is 18.1. The predicted octanol–water partition coefficient (Wildman–Crippen LogP) is 1.90. The van der Waals surface area contributed by atoms with Crippen molar-refractivity contribution in [1.29, 1.82) is 0 Å². The van der Waals surface area contributed by atoms with Gasteiger partial charge >= 0.3 is 0 Å². The van der Waals surface area contributed by atoms with Gasteiger partial charge in [0.25, 0.3) is 5.56 Å². The first-order valence-corrected chi connectivity index (χ1v) is 6.57. The second-order valence-electron chi connectivity index (χ2n) is 3.93. The third kappa shape index (κ3) is 3.45. The average Bonchev–Trinajstić information content (AvgIpc) is 2.36.